The molecule has 0 spiro atoms. The maximum atomic E-state index is 14.0. The zero-order valence-electron chi connectivity index (χ0n) is 10.1. The fourth-order valence-corrected chi connectivity index (χ4v) is 2.06. The van der Waals surface area contributed by atoms with Crippen LogP contribution in [0.15, 0.2) is 16.6 Å². The summed E-state index contributed by atoms with van der Waals surface area (Å²) in [6.07, 6.45) is 3.33. The molecule has 0 aliphatic carbocycles. The lowest BCUT2D eigenvalue weighted by atomic mass is 10.2. The summed E-state index contributed by atoms with van der Waals surface area (Å²) in [6, 6.07) is 5.24. The van der Waals surface area contributed by atoms with Crippen molar-refractivity contribution in [2.45, 2.75) is 26.2 Å². The predicted octanol–water partition coefficient (Wildman–Crippen LogP) is 4.09. The first-order valence-electron chi connectivity index (χ1n) is 5.71. The molecule has 4 heteroatoms. The number of halogens is 2. The first kappa shape index (κ1) is 14.0. The van der Waals surface area contributed by atoms with Crippen molar-refractivity contribution >= 4 is 21.6 Å². The Labute approximate surface area is 110 Å². The van der Waals surface area contributed by atoms with Crippen molar-refractivity contribution in [1.29, 1.82) is 5.26 Å². The minimum Gasteiger partial charge on any atom is -0.372 e. The van der Waals surface area contributed by atoms with Crippen LogP contribution >= 0.6 is 15.9 Å². The molecule has 0 saturated carbocycles. The van der Waals surface area contributed by atoms with Crippen molar-refractivity contribution in [3.05, 3.63) is 28.0 Å². The summed E-state index contributed by atoms with van der Waals surface area (Å²) >= 11 is 3.12. The second-order valence-corrected chi connectivity index (χ2v) is 4.79. The van der Waals surface area contributed by atoms with Gasteiger partial charge in [0.05, 0.1) is 15.7 Å². The Morgan fingerprint density at radius 1 is 1.41 bits per heavy atom. The largest absolute Gasteiger partial charge is 0.372 e. The van der Waals surface area contributed by atoms with E-state index in [9.17, 15) is 4.39 Å². The van der Waals surface area contributed by atoms with Crippen molar-refractivity contribution in [3.63, 3.8) is 0 Å². The van der Waals surface area contributed by atoms with E-state index in [2.05, 4.69) is 22.9 Å². The second-order valence-electron chi connectivity index (χ2n) is 4.00. The van der Waals surface area contributed by atoms with E-state index in [4.69, 9.17) is 5.26 Å². The Morgan fingerprint density at radius 2 is 2.12 bits per heavy atom. The highest BCUT2D eigenvalue weighted by molar-refractivity contribution is 9.10. The van der Waals surface area contributed by atoms with Crippen LogP contribution in [0.2, 0.25) is 0 Å². The molecule has 0 aromatic heterocycles. The molecule has 0 aliphatic rings. The molecule has 1 rings (SSSR count). The lowest BCUT2D eigenvalue weighted by molar-refractivity contribution is 0.610. The van der Waals surface area contributed by atoms with Gasteiger partial charge in [0.2, 0.25) is 0 Å². The number of hydrogen-bond acceptors (Lipinski definition) is 2. The summed E-state index contributed by atoms with van der Waals surface area (Å²) in [5.74, 6) is -0.358. The summed E-state index contributed by atoms with van der Waals surface area (Å²) in [7, 11) is 1.87. The predicted molar refractivity (Wildman–Crippen MR) is 71.6 cm³/mol. The van der Waals surface area contributed by atoms with E-state index in [1.54, 1.807) is 12.1 Å². The molecule has 17 heavy (non-hydrogen) atoms. The third-order valence-corrected chi connectivity index (χ3v) is 3.47. The third-order valence-electron chi connectivity index (χ3n) is 2.69. The molecule has 1 aromatic rings. The van der Waals surface area contributed by atoms with Crippen LogP contribution in [-0.2, 0) is 0 Å². The van der Waals surface area contributed by atoms with Crippen LogP contribution in [0.3, 0.4) is 0 Å². The van der Waals surface area contributed by atoms with Gasteiger partial charge in [0, 0.05) is 13.6 Å². The van der Waals surface area contributed by atoms with Crippen LogP contribution in [0.25, 0.3) is 0 Å². The van der Waals surface area contributed by atoms with Gasteiger partial charge >= 0.3 is 0 Å². The number of nitriles is 1. The fourth-order valence-electron chi connectivity index (χ4n) is 1.64. The van der Waals surface area contributed by atoms with Gasteiger partial charge in [-0.2, -0.15) is 5.26 Å². The van der Waals surface area contributed by atoms with Crippen LogP contribution in [0.4, 0.5) is 10.1 Å². The van der Waals surface area contributed by atoms with E-state index in [1.165, 1.54) is 0 Å². The monoisotopic (exact) mass is 298 g/mol. The normalized spacial score (nSPS) is 10.1. The molecule has 0 aliphatic heterocycles. The lowest BCUT2D eigenvalue weighted by Crippen LogP contribution is -2.19. The van der Waals surface area contributed by atoms with Gasteiger partial charge in [0.1, 0.15) is 6.07 Å². The summed E-state index contributed by atoms with van der Waals surface area (Å²) in [5, 5.41) is 8.79. The van der Waals surface area contributed by atoms with Crippen molar-refractivity contribution in [3.8, 4) is 6.07 Å². The molecule has 0 saturated heterocycles. The van der Waals surface area contributed by atoms with E-state index >= 15 is 0 Å². The Bertz CT molecular complexity index is 426. The zero-order valence-corrected chi connectivity index (χ0v) is 11.7. The topological polar surface area (TPSA) is 27.0 Å². The molecular weight excluding hydrogens is 283 g/mol. The van der Waals surface area contributed by atoms with Crippen LogP contribution in [0.1, 0.15) is 31.7 Å². The molecule has 0 atom stereocenters. The van der Waals surface area contributed by atoms with Gasteiger partial charge in [-0.15, -0.1) is 0 Å². The van der Waals surface area contributed by atoms with Crippen LogP contribution in [0.5, 0.6) is 0 Å². The van der Waals surface area contributed by atoms with Crippen LogP contribution < -0.4 is 4.90 Å². The quantitative estimate of drug-likeness (QED) is 0.766. The number of rotatable bonds is 5. The molecule has 1 aromatic carbocycles. The highest BCUT2D eigenvalue weighted by Gasteiger charge is 2.13. The van der Waals surface area contributed by atoms with E-state index in [-0.39, 0.29) is 10.3 Å². The van der Waals surface area contributed by atoms with Crippen LogP contribution in [0, 0.1) is 17.1 Å². The molecule has 2 nitrogen and oxygen atoms in total. The Morgan fingerprint density at radius 3 is 2.71 bits per heavy atom. The fraction of sp³-hybridized carbons (Fsp3) is 0.462. The Balaban J connectivity index is 2.85. The minimum absolute atomic E-state index is 0.250. The maximum Gasteiger partial charge on any atom is 0.161 e. The summed E-state index contributed by atoms with van der Waals surface area (Å²) in [5.41, 5.74) is 0.861. The number of nitrogens with zero attached hydrogens (tertiary/aromatic N) is 2. The number of hydrogen-bond donors (Lipinski definition) is 0. The van der Waals surface area contributed by atoms with Gasteiger partial charge in [0.25, 0.3) is 0 Å². The first-order chi connectivity index (χ1) is 8.11. The Hall–Kier alpha value is -1.08. The molecule has 0 heterocycles. The van der Waals surface area contributed by atoms with E-state index in [0.29, 0.717) is 11.3 Å². The molecule has 0 N–H and O–H groups in total. The summed E-state index contributed by atoms with van der Waals surface area (Å²) in [4.78, 5) is 1.89. The van der Waals surface area contributed by atoms with Gasteiger partial charge in [-0.1, -0.05) is 19.8 Å². The van der Waals surface area contributed by atoms with Crippen molar-refractivity contribution in [2.24, 2.45) is 0 Å². The number of unbranched alkanes of at least 4 members (excludes halogenated alkanes) is 2. The number of anilines is 1. The van der Waals surface area contributed by atoms with Gasteiger partial charge < -0.3 is 4.90 Å². The standard InChI is InChI=1S/C13H16BrFN2/c1-3-4-5-8-17(2)11-7-6-10(9-16)12(14)13(11)15/h6-7H,3-5,8H2,1-2H3. The Kier molecular flexibility index (Phi) is 5.43. The molecule has 0 fully saturated rings. The molecule has 0 radical (unpaired) electrons. The number of benzene rings is 1. The third kappa shape index (κ3) is 3.44. The van der Waals surface area contributed by atoms with Gasteiger partial charge in [-0.25, -0.2) is 4.39 Å². The summed E-state index contributed by atoms with van der Waals surface area (Å²) in [6.45, 7) is 2.96. The molecular formula is C13H16BrFN2. The smallest absolute Gasteiger partial charge is 0.161 e. The molecule has 0 amide bonds. The average Bonchev–Trinajstić information content (AvgIpc) is 2.32. The first-order valence-corrected chi connectivity index (χ1v) is 6.50. The zero-order chi connectivity index (χ0) is 12.8. The maximum absolute atomic E-state index is 14.0. The lowest BCUT2D eigenvalue weighted by Gasteiger charge is -2.20. The summed E-state index contributed by atoms with van der Waals surface area (Å²) < 4.78 is 14.2. The van der Waals surface area contributed by atoms with E-state index < -0.39 is 0 Å². The minimum atomic E-state index is -0.358. The second kappa shape index (κ2) is 6.61. The van der Waals surface area contributed by atoms with Crippen molar-refractivity contribution in [1.82, 2.24) is 0 Å². The molecule has 92 valence electrons. The highest BCUT2D eigenvalue weighted by Crippen LogP contribution is 2.28. The van der Waals surface area contributed by atoms with Gasteiger partial charge in [-0.3, -0.25) is 0 Å². The highest BCUT2D eigenvalue weighted by atomic mass is 79.9. The SMILES string of the molecule is CCCCCN(C)c1ccc(C#N)c(Br)c1F. The van der Waals surface area contributed by atoms with Crippen molar-refractivity contribution in [2.75, 3.05) is 18.5 Å². The van der Waals surface area contributed by atoms with Crippen LogP contribution in [-0.4, -0.2) is 13.6 Å². The van der Waals surface area contributed by atoms with E-state index in [1.807, 2.05) is 18.0 Å². The average molecular weight is 299 g/mol. The van der Waals surface area contributed by atoms with E-state index in [0.717, 1.165) is 25.8 Å². The molecule has 0 bridgehead atoms. The van der Waals surface area contributed by atoms with Gasteiger partial charge in [-0.05, 0) is 34.5 Å². The van der Waals surface area contributed by atoms with Crippen molar-refractivity contribution < 1.29 is 4.39 Å². The molecule has 0 unspecified atom stereocenters. The van der Waals surface area contributed by atoms with Gasteiger partial charge in [0.15, 0.2) is 5.82 Å².